The van der Waals surface area contributed by atoms with Crippen molar-refractivity contribution in [3.63, 3.8) is 0 Å². The van der Waals surface area contributed by atoms with E-state index in [0.29, 0.717) is 19.4 Å². The monoisotopic (exact) mass is 400 g/mol. The number of benzene rings is 1. The van der Waals surface area contributed by atoms with Gasteiger partial charge in [-0.15, -0.1) is 0 Å². The number of carbonyl (C=O) groups is 2. The standard InChI is InChI=1S/C23H36N4O2/c1-25(13-12-23(29)24-19-28)21-7-9-22(10-8-21)27-17-15-26(16-18-27)14-11-20-5-3-2-4-6-20/h7-10,19-20H,2-6,11-18H2,1H3,(H,24,28,29). The number of rotatable bonds is 9. The molecule has 1 aliphatic carbocycles. The van der Waals surface area contributed by atoms with Crippen molar-refractivity contribution in [2.24, 2.45) is 5.92 Å². The number of nitrogens with one attached hydrogen (secondary N) is 1. The van der Waals surface area contributed by atoms with E-state index >= 15 is 0 Å². The molecule has 1 heterocycles. The molecule has 0 spiro atoms. The molecule has 160 valence electrons. The van der Waals surface area contributed by atoms with E-state index in [-0.39, 0.29) is 5.91 Å². The number of imide groups is 1. The van der Waals surface area contributed by atoms with Gasteiger partial charge in [0.25, 0.3) is 0 Å². The summed E-state index contributed by atoms with van der Waals surface area (Å²) in [4.78, 5) is 28.9. The molecule has 0 atom stereocenters. The van der Waals surface area contributed by atoms with Crippen LogP contribution in [0.3, 0.4) is 0 Å². The lowest BCUT2D eigenvalue weighted by molar-refractivity contribution is -0.125. The van der Waals surface area contributed by atoms with E-state index in [0.717, 1.165) is 37.8 Å². The van der Waals surface area contributed by atoms with Crippen molar-refractivity contribution in [2.75, 3.05) is 56.1 Å². The Balaban J connectivity index is 1.40. The van der Waals surface area contributed by atoms with E-state index in [1.165, 1.54) is 50.8 Å². The van der Waals surface area contributed by atoms with Crippen LogP contribution in [0.25, 0.3) is 0 Å². The van der Waals surface area contributed by atoms with Crippen LogP contribution in [0.15, 0.2) is 24.3 Å². The molecule has 1 saturated heterocycles. The molecule has 2 fully saturated rings. The van der Waals surface area contributed by atoms with Crippen molar-refractivity contribution in [2.45, 2.75) is 44.9 Å². The van der Waals surface area contributed by atoms with E-state index in [1.54, 1.807) is 0 Å². The number of anilines is 2. The van der Waals surface area contributed by atoms with Crippen LogP contribution in [0.4, 0.5) is 11.4 Å². The first-order valence-corrected chi connectivity index (χ1v) is 11.2. The zero-order valence-electron chi connectivity index (χ0n) is 17.8. The fourth-order valence-corrected chi connectivity index (χ4v) is 4.52. The average molecular weight is 401 g/mol. The summed E-state index contributed by atoms with van der Waals surface area (Å²) in [5.74, 6) is 0.723. The van der Waals surface area contributed by atoms with Crippen LogP contribution in [0.1, 0.15) is 44.9 Å². The molecule has 0 radical (unpaired) electrons. The van der Waals surface area contributed by atoms with Crippen molar-refractivity contribution >= 4 is 23.7 Å². The molecule has 1 saturated carbocycles. The maximum absolute atomic E-state index is 11.4. The minimum absolute atomic E-state index is 0.246. The Hall–Kier alpha value is -2.08. The average Bonchev–Trinajstić information content (AvgIpc) is 2.77. The molecule has 1 aromatic rings. The van der Waals surface area contributed by atoms with Crippen LogP contribution < -0.4 is 15.1 Å². The number of nitrogens with zero attached hydrogens (tertiary/aromatic N) is 3. The number of hydrogen-bond donors (Lipinski definition) is 1. The zero-order chi connectivity index (χ0) is 20.5. The fourth-order valence-electron chi connectivity index (χ4n) is 4.52. The fraction of sp³-hybridized carbons (Fsp3) is 0.652. The van der Waals surface area contributed by atoms with Gasteiger partial charge in [0.05, 0.1) is 0 Å². The number of amides is 2. The van der Waals surface area contributed by atoms with Gasteiger partial charge in [-0.1, -0.05) is 32.1 Å². The predicted molar refractivity (Wildman–Crippen MR) is 118 cm³/mol. The predicted octanol–water partition coefficient (Wildman–Crippen LogP) is 2.88. The molecule has 2 aliphatic rings. The van der Waals surface area contributed by atoms with E-state index < -0.39 is 0 Å². The van der Waals surface area contributed by atoms with Gasteiger partial charge in [0, 0.05) is 57.6 Å². The van der Waals surface area contributed by atoms with E-state index in [4.69, 9.17) is 0 Å². The molecule has 0 bridgehead atoms. The molecule has 1 N–H and O–H groups in total. The largest absolute Gasteiger partial charge is 0.374 e. The Morgan fingerprint density at radius 1 is 1.10 bits per heavy atom. The first-order valence-electron chi connectivity index (χ1n) is 11.2. The van der Waals surface area contributed by atoms with Gasteiger partial charge >= 0.3 is 0 Å². The highest BCUT2D eigenvalue weighted by molar-refractivity contribution is 5.86. The summed E-state index contributed by atoms with van der Waals surface area (Å²) in [5, 5.41) is 2.18. The quantitative estimate of drug-likeness (QED) is 0.646. The topological polar surface area (TPSA) is 55.9 Å². The molecule has 1 aliphatic heterocycles. The van der Waals surface area contributed by atoms with E-state index in [9.17, 15) is 9.59 Å². The van der Waals surface area contributed by atoms with Crippen molar-refractivity contribution < 1.29 is 9.59 Å². The first-order chi connectivity index (χ1) is 14.2. The Morgan fingerprint density at radius 3 is 2.45 bits per heavy atom. The van der Waals surface area contributed by atoms with Gasteiger partial charge in [-0.25, -0.2) is 0 Å². The van der Waals surface area contributed by atoms with Gasteiger partial charge in [-0.3, -0.25) is 19.8 Å². The van der Waals surface area contributed by atoms with Gasteiger partial charge in [0.15, 0.2) is 0 Å². The molecule has 29 heavy (non-hydrogen) atoms. The van der Waals surface area contributed by atoms with Crippen LogP contribution in [-0.4, -0.2) is 63.5 Å². The Kier molecular flexibility index (Phi) is 8.35. The van der Waals surface area contributed by atoms with Crippen molar-refractivity contribution in [1.29, 1.82) is 0 Å². The molecule has 6 nitrogen and oxygen atoms in total. The summed E-state index contributed by atoms with van der Waals surface area (Å²) >= 11 is 0. The van der Waals surface area contributed by atoms with E-state index in [2.05, 4.69) is 39.4 Å². The Labute approximate surface area is 175 Å². The third-order valence-corrected chi connectivity index (χ3v) is 6.50. The summed E-state index contributed by atoms with van der Waals surface area (Å²) in [5.41, 5.74) is 2.35. The maximum atomic E-state index is 11.4. The van der Waals surface area contributed by atoms with Crippen LogP contribution in [0.5, 0.6) is 0 Å². The molecule has 0 aromatic heterocycles. The molecular weight excluding hydrogens is 364 g/mol. The van der Waals surface area contributed by atoms with Gasteiger partial charge in [-0.05, 0) is 43.1 Å². The van der Waals surface area contributed by atoms with Crippen LogP contribution in [-0.2, 0) is 9.59 Å². The number of piperazine rings is 1. The lowest BCUT2D eigenvalue weighted by Crippen LogP contribution is -2.46. The van der Waals surface area contributed by atoms with Crippen molar-refractivity contribution in [3.05, 3.63) is 24.3 Å². The first kappa shape index (κ1) is 21.6. The molecule has 0 unspecified atom stereocenters. The van der Waals surface area contributed by atoms with Gasteiger partial charge in [-0.2, -0.15) is 0 Å². The van der Waals surface area contributed by atoms with Crippen LogP contribution in [0, 0.1) is 5.92 Å². The minimum atomic E-state index is -0.246. The maximum Gasteiger partial charge on any atom is 0.228 e. The molecular formula is C23H36N4O2. The van der Waals surface area contributed by atoms with Gasteiger partial charge < -0.3 is 9.80 Å². The summed E-state index contributed by atoms with van der Waals surface area (Å²) < 4.78 is 0. The molecule has 6 heteroatoms. The third kappa shape index (κ3) is 6.74. The summed E-state index contributed by atoms with van der Waals surface area (Å²) in [6, 6.07) is 8.58. The second-order valence-electron chi connectivity index (χ2n) is 8.49. The SMILES string of the molecule is CN(CCC(=O)NC=O)c1ccc(N2CCN(CCC3CCCCC3)CC2)cc1. The third-order valence-electron chi connectivity index (χ3n) is 6.50. The normalized spacial score (nSPS) is 18.4. The second kappa shape index (κ2) is 11.2. The Morgan fingerprint density at radius 2 is 1.79 bits per heavy atom. The summed E-state index contributed by atoms with van der Waals surface area (Å²) in [6.07, 6.45) is 9.34. The second-order valence-corrected chi connectivity index (χ2v) is 8.49. The van der Waals surface area contributed by atoms with Gasteiger partial charge in [0.1, 0.15) is 0 Å². The molecule has 1 aromatic carbocycles. The van der Waals surface area contributed by atoms with Crippen molar-refractivity contribution in [1.82, 2.24) is 10.2 Å². The highest BCUT2D eigenvalue weighted by Crippen LogP contribution is 2.27. The number of hydrogen-bond acceptors (Lipinski definition) is 5. The lowest BCUT2D eigenvalue weighted by Gasteiger charge is -2.37. The number of carbonyl (C=O) groups excluding carboxylic acids is 2. The molecule has 2 amide bonds. The van der Waals surface area contributed by atoms with E-state index in [1.807, 2.05) is 11.9 Å². The zero-order valence-corrected chi connectivity index (χ0v) is 17.8. The summed E-state index contributed by atoms with van der Waals surface area (Å²) in [7, 11) is 1.97. The smallest absolute Gasteiger partial charge is 0.228 e. The summed E-state index contributed by atoms with van der Waals surface area (Å²) in [6.45, 7) is 6.33. The lowest BCUT2D eigenvalue weighted by atomic mass is 9.87. The van der Waals surface area contributed by atoms with Crippen molar-refractivity contribution in [3.8, 4) is 0 Å². The highest BCUT2D eigenvalue weighted by Gasteiger charge is 2.19. The minimum Gasteiger partial charge on any atom is -0.374 e. The van der Waals surface area contributed by atoms with Crippen LogP contribution in [0.2, 0.25) is 0 Å². The van der Waals surface area contributed by atoms with Crippen LogP contribution >= 0.6 is 0 Å². The molecule has 3 rings (SSSR count). The highest BCUT2D eigenvalue weighted by atomic mass is 16.2. The van der Waals surface area contributed by atoms with Gasteiger partial charge in [0.2, 0.25) is 12.3 Å². The Bertz CT molecular complexity index is 635.